The highest BCUT2D eigenvalue weighted by atomic mass is 16.3. The van der Waals surface area contributed by atoms with Crippen molar-refractivity contribution >= 4 is 5.91 Å². The molecular formula is C10H22N2O2. The van der Waals surface area contributed by atoms with Gasteiger partial charge in [0.25, 0.3) is 0 Å². The van der Waals surface area contributed by atoms with E-state index in [2.05, 4.69) is 5.32 Å². The van der Waals surface area contributed by atoms with E-state index in [1.54, 1.807) is 0 Å². The third-order valence-electron chi connectivity index (χ3n) is 2.28. The topological polar surface area (TPSA) is 75.3 Å². The Bertz CT molecular complexity index is 183. The lowest BCUT2D eigenvalue weighted by molar-refractivity contribution is -0.125. The second-order valence-electron chi connectivity index (χ2n) is 4.64. The van der Waals surface area contributed by atoms with Crippen LogP contribution in [0.2, 0.25) is 0 Å². The van der Waals surface area contributed by atoms with E-state index < -0.39 is 6.04 Å². The first kappa shape index (κ1) is 13.4. The number of rotatable bonds is 4. The van der Waals surface area contributed by atoms with Crippen molar-refractivity contribution in [3.63, 3.8) is 0 Å². The molecule has 0 aromatic heterocycles. The molecule has 0 aliphatic rings. The second kappa shape index (κ2) is 5.32. The summed E-state index contributed by atoms with van der Waals surface area (Å²) in [6.07, 6.45) is 0.707. The summed E-state index contributed by atoms with van der Waals surface area (Å²) in [5.74, 6) is -0.196. The van der Waals surface area contributed by atoms with Crippen LogP contribution in [-0.2, 0) is 4.79 Å². The van der Waals surface area contributed by atoms with Gasteiger partial charge in [-0.1, -0.05) is 27.7 Å². The van der Waals surface area contributed by atoms with E-state index in [1.165, 1.54) is 0 Å². The fourth-order valence-electron chi connectivity index (χ4n) is 0.961. The molecule has 0 aromatic rings. The molecule has 2 unspecified atom stereocenters. The van der Waals surface area contributed by atoms with Crippen molar-refractivity contribution in [2.75, 3.05) is 6.61 Å². The van der Waals surface area contributed by atoms with Gasteiger partial charge in [-0.2, -0.15) is 0 Å². The summed E-state index contributed by atoms with van der Waals surface area (Å²) in [5, 5.41) is 11.6. The standard InChI is InChI=1S/C10H22N2O2/c1-5-7(6-13)12-9(14)8(11)10(2,3)4/h7-8,13H,5-6,11H2,1-4H3,(H,12,14). The van der Waals surface area contributed by atoms with Gasteiger partial charge in [0.15, 0.2) is 0 Å². The molecule has 14 heavy (non-hydrogen) atoms. The first-order valence-electron chi connectivity index (χ1n) is 4.99. The van der Waals surface area contributed by atoms with Crippen LogP contribution in [0.3, 0.4) is 0 Å². The Hall–Kier alpha value is -0.610. The van der Waals surface area contributed by atoms with Crippen LogP contribution in [0.4, 0.5) is 0 Å². The maximum Gasteiger partial charge on any atom is 0.237 e. The van der Waals surface area contributed by atoms with Gasteiger partial charge in [0, 0.05) is 0 Å². The minimum atomic E-state index is -0.539. The monoisotopic (exact) mass is 202 g/mol. The number of nitrogens with two attached hydrogens (primary N) is 1. The molecule has 0 fully saturated rings. The number of amides is 1. The van der Waals surface area contributed by atoms with Crippen LogP contribution in [0, 0.1) is 5.41 Å². The Labute approximate surface area is 85.9 Å². The zero-order valence-electron chi connectivity index (χ0n) is 9.50. The number of hydrogen-bond donors (Lipinski definition) is 3. The normalized spacial score (nSPS) is 16.1. The first-order valence-corrected chi connectivity index (χ1v) is 4.99. The van der Waals surface area contributed by atoms with Gasteiger partial charge in [0.05, 0.1) is 18.7 Å². The van der Waals surface area contributed by atoms with Crippen LogP contribution in [0.15, 0.2) is 0 Å². The molecule has 84 valence electrons. The molecule has 2 atom stereocenters. The van der Waals surface area contributed by atoms with Crippen molar-refractivity contribution in [1.29, 1.82) is 0 Å². The average Bonchev–Trinajstić information content (AvgIpc) is 2.11. The summed E-state index contributed by atoms with van der Waals surface area (Å²) >= 11 is 0. The Kier molecular flexibility index (Phi) is 5.08. The molecular weight excluding hydrogens is 180 g/mol. The van der Waals surface area contributed by atoms with Gasteiger partial charge in [-0.3, -0.25) is 4.79 Å². The van der Waals surface area contributed by atoms with Crippen molar-refractivity contribution in [3.8, 4) is 0 Å². The summed E-state index contributed by atoms with van der Waals surface area (Å²) < 4.78 is 0. The number of aliphatic hydroxyl groups is 1. The van der Waals surface area contributed by atoms with Crippen LogP contribution >= 0.6 is 0 Å². The molecule has 0 rings (SSSR count). The zero-order valence-corrected chi connectivity index (χ0v) is 9.50. The molecule has 4 heteroatoms. The number of aliphatic hydroxyl groups excluding tert-OH is 1. The molecule has 0 heterocycles. The molecule has 0 bridgehead atoms. The molecule has 0 saturated carbocycles. The maximum absolute atomic E-state index is 11.6. The fraction of sp³-hybridized carbons (Fsp3) is 0.900. The van der Waals surface area contributed by atoms with Crippen molar-refractivity contribution in [2.45, 2.75) is 46.2 Å². The summed E-state index contributed by atoms with van der Waals surface area (Å²) in [4.78, 5) is 11.6. The third-order valence-corrected chi connectivity index (χ3v) is 2.28. The van der Waals surface area contributed by atoms with Crippen molar-refractivity contribution < 1.29 is 9.90 Å². The van der Waals surface area contributed by atoms with Crippen LogP contribution in [0.25, 0.3) is 0 Å². The molecule has 4 N–H and O–H groups in total. The SMILES string of the molecule is CCC(CO)NC(=O)C(N)C(C)(C)C. The van der Waals surface area contributed by atoms with Crippen molar-refractivity contribution in [1.82, 2.24) is 5.32 Å². The van der Waals surface area contributed by atoms with Gasteiger partial charge in [-0.25, -0.2) is 0 Å². The van der Waals surface area contributed by atoms with E-state index >= 15 is 0 Å². The van der Waals surface area contributed by atoms with E-state index in [9.17, 15) is 4.79 Å². The minimum Gasteiger partial charge on any atom is -0.394 e. The highest BCUT2D eigenvalue weighted by molar-refractivity contribution is 5.82. The van der Waals surface area contributed by atoms with Crippen LogP contribution in [0.1, 0.15) is 34.1 Å². The van der Waals surface area contributed by atoms with Gasteiger partial charge in [0.1, 0.15) is 0 Å². The smallest absolute Gasteiger partial charge is 0.237 e. The molecule has 0 radical (unpaired) electrons. The van der Waals surface area contributed by atoms with E-state index in [1.807, 2.05) is 27.7 Å². The van der Waals surface area contributed by atoms with E-state index in [-0.39, 0.29) is 24.0 Å². The molecule has 1 amide bonds. The number of carbonyl (C=O) groups excluding carboxylic acids is 1. The third kappa shape index (κ3) is 4.07. The van der Waals surface area contributed by atoms with Gasteiger partial charge < -0.3 is 16.2 Å². The molecule has 0 aliphatic heterocycles. The number of hydrogen-bond acceptors (Lipinski definition) is 3. The minimum absolute atomic E-state index is 0.0426. The Morgan fingerprint density at radius 2 is 2.00 bits per heavy atom. The summed E-state index contributed by atoms with van der Waals surface area (Å²) in [5.41, 5.74) is 5.51. The van der Waals surface area contributed by atoms with E-state index in [0.717, 1.165) is 0 Å². The van der Waals surface area contributed by atoms with Crippen LogP contribution < -0.4 is 11.1 Å². The Morgan fingerprint density at radius 1 is 1.50 bits per heavy atom. The predicted octanol–water partition coefficient (Wildman–Crippen LogP) is 0.247. The van der Waals surface area contributed by atoms with E-state index in [0.29, 0.717) is 6.42 Å². The Balaban J connectivity index is 4.21. The number of nitrogens with one attached hydrogen (secondary N) is 1. The predicted molar refractivity (Wildman–Crippen MR) is 56.7 cm³/mol. The Morgan fingerprint density at radius 3 is 2.29 bits per heavy atom. The average molecular weight is 202 g/mol. The lowest BCUT2D eigenvalue weighted by atomic mass is 9.87. The van der Waals surface area contributed by atoms with Crippen LogP contribution in [-0.4, -0.2) is 29.7 Å². The van der Waals surface area contributed by atoms with E-state index in [4.69, 9.17) is 10.8 Å². The molecule has 4 nitrogen and oxygen atoms in total. The molecule has 0 aliphatic carbocycles. The lowest BCUT2D eigenvalue weighted by Crippen LogP contribution is -2.52. The lowest BCUT2D eigenvalue weighted by Gasteiger charge is -2.27. The zero-order chi connectivity index (χ0) is 11.4. The summed E-state index contributed by atoms with van der Waals surface area (Å²) in [6.45, 7) is 7.61. The van der Waals surface area contributed by atoms with Crippen molar-refractivity contribution in [2.24, 2.45) is 11.1 Å². The first-order chi connectivity index (χ1) is 6.32. The highest BCUT2D eigenvalue weighted by Gasteiger charge is 2.28. The van der Waals surface area contributed by atoms with Gasteiger partial charge in [-0.15, -0.1) is 0 Å². The maximum atomic E-state index is 11.6. The van der Waals surface area contributed by atoms with Crippen LogP contribution in [0.5, 0.6) is 0 Å². The van der Waals surface area contributed by atoms with Gasteiger partial charge in [0.2, 0.25) is 5.91 Å². The van der Waals surface area contributed by atoms with Gasteiger partial charge in [-0.05, 0) is 11.8 Å². The second-order valence-corrected chi connectivity index (χ2v) is 4.64. The summed E-state index contributed by atoms with van der Waals surface area (Å²) in [7, 11) is 0. The number of carbonyl (C=O) groups is 1. The molecule has 0 aromatic carbocycles. The molecule has 0 saturated heterocycles. The van der Waals surface area contributed by atoms with Gasteiger partial charge >= 0.3 is 0 Å². The largest absolute Gasteiger partial charge is 0.394 e. The highest BCUT2D eigenvalue weighted by Crippen LogP contribution is 2.17. The quantitative estimate of drug-likeness (QED) is 0.611. The summed E-state index contributed by atoms with van der Waals surface area (Å²) in [6, 6.07) is -0.723. The fourth-order valence-corrected chi connectivity index (χ4v) is 0.961. The van der Waals surface area contributed by atoms with Crippen molar-refractivity contribution in [3.05, 3.63) is 0 Å². The molecule has 0 spiro atoms.